The molecule has 4 heteroatoms. The average Bonchev–Trinajstić information content (AvgIpc) is 2.68. The Morgan fingerprint density at radius 1 is 1.33 bits per heavy atom. The Morgan fingerprint density at radius 2 is 2.14 bits per heavy atom. The Balaban J connectivity index is 1.84. The van der Waals surface area contributed by atoms with Crippen LogP contribution < -0.4 is 5.32 Å². The van der Waals surface area contributed by atoms with Crippen molar-refractivity contribution in [3.63, 3.8) is 0 Å². The molecule has 2 heterocycles. The van der Waals surface area contributed by atoms with E-state index in [9.17, 15) is 0 Å². The number of hydrogen-bond acceptors (Lipinski definition) is 3. The standard InChI is InChI=1S/C17H26N4/c1-4-17(2)13-21(11-7-10-18-17)12-15-14-8-5-6-9-16(14)20(3)19-15/h5-6,8-9,18H,4,7,10-13H2,1-3H3. The van der Waals surface area contributed by atoms with E-state index in [4.69, 9.17) is 5.10 Å². The summed E-state index contributed by atoms with van der Waals surface area (Å²) in [5.41, 5.74) is 2.65. The minimum absolute atomic E-state index is 0.223. The second-order valence-electron chi connectivity index (χ2n) is 6.49. The Hall–Kier alpha value is -1.39. The third-order valence-corrected chi connectivity index (χ3v) is 4.76. The minimum Gasteiger partial charge on any atom is -0.310 e. The summed E-state index contributed by atoms with van der Waals surface area (Å²) in [6.45, 7) is 8.90. The van der Waals surface area contributed by atoms with Crippen molar-refractivity contribution in [2.75, 3.05) is 19.6 Å². The highest BCUT2D eigenvalue weighted by atomic mass is 15.3. The number of hydrogen-bond donors (Lipinski definition) is 1. The van der Waals surface area contributed by atoms with Gasteiger partial charge in [0.2, 0.25) is 0 Å². The number of nitrogens with one attached hydrogen (secondary N) is 1. The summed E-state index contributed by atoms with van der Waals surface area (Å²) >= 11 is 0. The van der Waals surface area contributed by atoms with Gasteiger partial charge in [0.05, 0.1) is 11.2 Å². The molecule has 1 aromatic heterocycles. The van der Waals surface area contributed by atoms with Crippen molar-refractivity contribution >= 4 is 10.9 Å². The van der Waals surface area contributed by atoms with Crippen LogP contribution in [0.25, 0.3) is 10.9 Å². The van der Waals surface area contributed by atoms with Gasteiger partial charge in [0, 0.05) is 31.1 Å². The van der Waals surface area contributed by atoms with Crippen LogP contribution in [0.2, 0.25) is 0 Å². The van der Waals surface area contributed by atoms with E-state index in [1.165, 1.54) is 23.0 Å². The van der Waals surface area contributed by atoms with E-state index in [0.717, 1.165) is 32.6 Å². The molecule has 3 rings (SSSR count). The van der Waals surface area contributed by atoms with Crippen molar-refractivity contribution in [3.8, 4) is 0 Å². The van der Waals surface area contributed by atoms with Gasteiger partial charge in [0.1, 0.15) is 0 Å². The van der Waals surface area contributed by atoms with Crippen LogP contribution in [0.15, 0.2) is 24.3 Å². The van der Waals surface area contributed by atoms with E-state index >= 15 is 0 Å². The summed E-state index contributed by atoms with van der Waals surface area (Å²) in [6, 6.07) is 8.52. The predicted octanol–water partition coefficient (Wildman–Crippen LogP) is 2.54. The topological polar surface area (TPSA) is 33.1 Å². The molecule has 1 saturated heterocycles. The van der Waals surface area contributed by atoms with Crippen molar-refractivity contribution in [2.24, 2.45) is 7.05 Å². The summed E-state index contributed by atoms with van der Waals surface area (Å²) in [5, 5.41) is 9.73. The number of fused-ring (bicyclic) bond motifs is 1. The smallest absolute Gasteiger partial charge is 0.0843 e. The first-order valence-corrected chi connectivity index (χ1v) is 7.99. The van der Waals surface area contributed by atoms with Crippen LogP contribution in [0, 0.1) is 0 Å². The molecule has 1 fully saturated rings. The highest BCUT2D eigenvalue weighted by Crippen LogP contribution is 2.21. The summed E-state index contributed by atoms with van der Waals surface area (Å²) in [6.07, 6.45) is 2.37. The van der Waals surface area contributed by atoms with Crippen molar-refractivity contribution in [1.29, 1.82) is 0 Å². The molecule has 0 amide bonds. The maximum atomic E-state index is 4.74. The monoisotopic (exact) mass is 286 g/mol. The fraction of sp³-hybridized carbons (Fsp3) is 0.588. The Kier molecular flexibility index (Phi) is 4.00. The normalized spacial score (nSPS) is 24.3. The molecule has 0 saturated carbocycles. The van der Waals surface area contributed by atoms with Crippen LogP contribution in [-0.4, -0.2) is 39.9 Å². The van der Waals surface area contributed by atoms with Gasteiger partial charge in [-0.15, -0.1) is 0 Å². The molecule has 1 aromatic carbocycles. The van der Waals surface area contributed by atoms with Gasteiger partial charge in [-0.3, -0.25) is 9.58 Å². The van der Waals surface area contributed by atoms with Crippen molar-refractivity contribution in [3.05, 3.63) is 30.0 Å². The van der Waals surface area contributed by atoms with Gasteiger partial charge in [0.15, 0.2) is 0 Å². The van der Waals surface area contributed by atoms with E-state index < -0.39 is 0 Å². The largest absolute Gasteiger partial charge is 0.310 e. The highest BCUT2D eigenvalue weighted by Gasteiger charge is 2.27. The maximum Gasteiger partial charge on any atom is 0.0843 e. The number of rotatable bonds is 3. The molecule has 0 radical (unpaired) electrons. The van der Waals surface area contributed by atoms with Gasteiger partial charge < -0.3 is 5.32 Å². The van der Waals surface area contributed by atoms with Crippen LogP contribution in [0.1, 0.15) is 32.4 Å². The van der Waals surface area contributed by atoms with Crippen LogP contribution in [0.4, 0.5) is 0 Å². The lowest BCUT2D eigenvalue weighted by Crippen LogP contribution is -2.48. The lowest BCUT2D eigenvalue weighted by molar-refractivity contribution is 0.207. The fourth-order valence-electron chi connectivity index (χ4n) is 3.31. The summed E-state index contributed by atoms with van der Waals surface area (Å²) in [5.74, 6) is 0. The second kappa shape index (κ2) is 5.78. The Labute approximate surface area is 127 Å². The molecule has 1 unspecified atom stereocenters. The maximum absolute atomic E-state index is 4.74. The summed E-state index contributed by atoms with van der Waals surface area (Å²) in [4.78, 5) is 2.55. The summed E-state index contributed by atoms with van der Waals surface area (Å²) < 4.78 is 2.00. The van der Waals surface area contributed by atoms with Crippen molar-refractivity contribution in [2.45, 2.75) is 38.8 Å². The van der Waals surface area contributed by atoms with E-state index in [1.807, 2.05) is 11.7 Å². The molecule has 0 spiro atoms. The average molecular weight is 286 g/mol. The third kappa shape index (κ3) is 2.97. The molecule has 1 aliphatic heterocycles. The number of aromatic nitrogens is 2. The van der Waals surface area contributed by atoms with Gasteiger partial charge in [0.25, 0.3) is 0 Å². The Bertz CT molecular complexity index is 618. The minimum atomic E-state index is 0.223. The van der Waals surface area contributed by atoms with Crippen LogP contribution in [0.5, 0.6) is 0 Å². The zero-order chi connectivity index (χ0) is 14.9. The molecule has 114 valence electrons. The van der Waals surface area contributed by atoms with Crippen molar-refractivity contribution in [1.82, 2.24) is 20.0 Å². The SMILES string of the molecule is CCC1(C)CN(Cc2nn(C)c3ccccc23)CCCN1. The van der Waals surface area contributed by atoms with Gasteiger partial charge >= 0.3 is 0 Å². The number of nitrogens with zero attached hydrogens (tertiary/aromatic N) is 3. The molecule has 0 aliphatic carbocycles. The number of benzene rings is 1. The molecular weight excluding hydrogens is 260 g/mol. The number of para-hydroxylation sites is 1. The van der Waals surface area contributed by atoms with E-state index in [0.29, 0.717) is 0 Å². The van der Waals surface area contributed by atoms with Crippen molar-refractivity contribution < 1.29 is 0 Å². The van der Waals surface area contributed by atoms with E-state index in [1.54, 1.807) is 0 Å². The first kappa shape index (κ1) is 14.5. The van der Waals surface area contributed by atoms with Crippen LogP contribution in [0.3, 0.4) is 0 Å². The molecular formula is C17H26N4. The second-order valence-corrected chi connectivity index (χ2v) is 6.49. The highest BCUT2D eigenvalue weighted by molar-refractivity contribution is 5.81. The first-order valence-electron chi connectivity index (χ1n) is 7.99. The molecule has 21 heavy (non-hydrogen) atoms. The lowest BCUT2D eigenvalue weighted by atomic mass is 9.98. The molecule has 1 N–H and O–H groups in total. The molecule has 1 atom stereocenters. The molecule has 1 aliphatic rings. The Morgan fingerprint density at radius 3 is 2.95 bits per heavy atom. The van der Waals surface area contributed by atoms with Gasteiger partial charge in [-0.25, -0.2) is 0 Å². The van der Waals surface area contributed by atoms with Crippen LogP contribution >= 0.6 is 0 Å². The fourth-order valence-corrected chi connectivity index (χ4v) is 3.31. The predicted molar refractivity (Wildman–Crippen MR) is 87.3 cm³/mol. The van der Waals surface area contributed by atoms with Gasteiger partial charge in [-0.05, 0) is 38.9 Å². The zero-order valence-corrected chi connectivity index (χ0v) is 13.4. The van der Waals surface area contributed by atoms with Gasteiger partial charge in [-0.2, -0.15) is 5.10 Å². The lowest BCUT2D eigenvalue weighted by Gasteiger charge is -2.32. The van der Waals surface area contributed by atoms with E-state index in [2.05, 4.69) is 48.3 Å². The third-order valence-electron chi connectivity index (χ3n) is 4.76. The van der Waals surface area contributed by atoms with Gasteiger partial charge in [-0.1, -0.05) is 25.1 Å². The first-order chi connectivity index (χ1) is 10.1. The molecule has 0 bridgehead atoms. The molecule has 2 aromatic rings. The summed E-state index contributed by atoms with van der Waals surface area (Å²) in [7, 11) is 2.03. The zero-order valence-electron chi connectivity index (χ0n) is 13.4. The molecule has 4 nitrogen and oxygen atoms in total. The number of aryl methyl sites for hydroxylation is 1. The quantitative estimate of drug-likeness (QED) is 0.941. The van der Waals surface area contributed by atoms with E-state index in [-0.39, 0.29) is 5.54 Å². The van der Waals surface area contributed by atoms with Crippen LogP contribution in [-0.2, 0) is 13.6 Å².